The molecule has 8 nitrogen and oxygen atoms in total. The van der Waals surface area contributed by atoms with Crippen LogP contribution in [0.5, 0.6) is 5.75 Å². The average Bonchev–Trinajstić information content (AvgIpc) is 2.79. The van der Waals surface area contributed by atoms with Gasteiger partial charge in [0.05, 0.1) is 26.0 Å². The van der Waals surface area contributed by atoms with Crippen LogP contribution in [0.4, 0.5) is 5.69 Å². The summed E-state index contributed by atoms with van der Waals surface area (Å²) in [5.74, 6) is -0.969. The Labute approximate surface area is 181 Å². The van der Waals surface area contributed by atoms with Gasteiger partial charge in [-0.25, -0.2) is 4.79 Å². The zero-order chi connectivity index (χ0) is 22.5. The number of carbonyl (C=O) groups excluding carboxylic acids is 2. The number of hydrogen-bond acceptors (Lipinski definition) is 8. The lowest BCUT2D eigenvalue weighted by Gasteiger charge is -2.12. The first-order valence-electron chi connectivity index (χ1n) is 9.87. The van der Waals surface area contributed by atoms with E-state index < -0.39 is 17.9 Å². The van der Waals surface area contributed by atoms with Crippen LogP contribution in [-0.4, -0.2) is 37.2 Å². The second-order valence-electron chi connectivity index (χ2n) is 6.14. The van der Waals surface area contributed by atoms with Gasteiger partial charge in [0.2, 0.25) is 0 Å². The highest BCUT2D eigenvalue weighted by atomic mass is 16.5. The zero-order valence-electron chi connectivity index (χ0n) is 17.8. The number of carbonyl (C=O) groups is 2. The van der Waals surface area contributed by atoms with Gasteiger partial charge in [0.1, 0.15) is 17.4 Å². The minimum atomic E-state index is -0.716. The van der Waals surface area contributed by atoms with Gasteiger partial charge in [-0.2, -0.15) is 0 Å². The van der Waals surface area contributed by atoms with Crippen molar-refractivity contribution in [3.05, 3.63) is 78.5 Å². The molecule has 0 saturated heterocycles. The van der Waals surface area contributed by atoms with Crippen LogP contribution < -0.4 is 15.4 Å². The summed E-state index contributed by atoms with van der Waals surface area (Å²) in [6.07, 6.45) is 6.17. The topological polar surface area (TPSA) is 98.8 Å². The second-order valence-corrected chi connectivity index (χ2v) is 6.14. The summed E-state index contributed by atoms with van der Waals surface area (Å²) in [7, 11) is 1.59. The fourth-order valence-electron chi connectivity index (χ4n) is 2.54. The molecule has 31 heavy (non-hydrogen) atoms. The van der Waals surface area contributed by atoms with E-state index in [9.17, 15) is 9.59 Å². The lowest BCUT2D eigenvalue weighted by atomic mass is 10.1. The van der Waals surface area contributed by atoms with Crippen LogP contribution in [0, 0.1) is 0 Å². The first kappa shape index (κ1) is 23.5. The van der Waals surface area contributed by atoms with Crippen molar-refractivity contribution in [1.82, 2.24) is 10.3 Å². The van der Waals surface area contributed by atoms with Gasteiger partial charge in [0.25, 0.3) is 0 Å². The highest BCUT2D eigenvalue weighted by Crippen LogP contribution is 2.17. The van der Waals surface area contributed by atoms with Crippen LogP contribution in [0.25, 0.3) is 0 Å². The molecule has 8 heteroatoms. The Morgan fingerprint density at radius 1 is 1.06 bits per heavy atom. The molecule has 0 aliphatic carbocycles. The lowest BCUT2D eigenvalue weighted by molar-refractivity contribution is -0.143. The van der Waals surface area contributed by atoms with Crippen molar-refractivity contribution in [2.45, 2.75) is 19.8 Å². The van der Waals surface area contributed by atoms with Gasteiger partial charge in [-0.1, -0.05) is 6.07 Å². The van der Waals surface area contributed by atoms with Gasteiger partial charge < -0.3 is 24.8 Å². The van der Waals surface area contributed by atoms with Crippen molar-refractivity contribution in [3.63, 3.8) is 0 Å². The Hall–Kier alpha value is -3.81. The number of benzene rings is 1. The third-order valence-corrected chi connectivity index (χ3v) is 4.04. The fourth-order valence-corrected chi connectivity index (χ4v) is 2.54. The predicted molar refractivity (Wildman–Crippen MR) is 117 cm³/mol. The number of ether oxygens (including phenoxy) is 3. The number of anilines is 1. The standard InChI is InChI=1S/C23H27N3O5/c1-4-30-22(27)19(20-8-6-7-14-24-20)13-15-25-21(23(28)31-5-2)16-26-17-9-11-18(29-3)12-10-17/h6-16,19,25-26H,4-5H2,1-3H3/b15-13+,21-16+. The van der Waals surface area contributed by atoms with E-state index in [-0.39, 0.29) is 18.9 Å². The van der Waals surface area contributed by atoms with Crippen molar-refractivity contribution < 1.29 is 23.8 Å². The van der Waals surface area contributed by atoms with Crippen molar-refractivity contribution in [2.75, 3.05) is 25.6 Å². The third kappa shape index (κ3) is 7.50. The summed E-state index contributed by atoms with van der Waals surface area (Å²) < 4.78 is 15.4. The summed E-state index contributed by atoms with van der Waals surface area (Å²) in [6, 6.07) is 12.5. The number of aromatic nitrogens is 1. The molecular formula is C23H27N3O5. The summed E-state index contributed by atoms with van der Waals surface area (Å²) in [6.45, 7) is 3.94. The summed E-state index contributed by atoms with van der Waals surface area (Å²) in [5, 5.41) is 5.91. The molecule has 2 aromatic rings. The molecule has 2 N–H and O–H groups in total. The molecule has 1 atom stereocenters. The van der Waals surface area contributed by atoms with Crippen LogP contribution >= 0.6 is 0 Å². The lowest BCUT2D eigenvalue weighted by Crippen LogP contribution is -2.21. The largest absolute Gasteiger partial charge is 0.497 e. The minimum absolute atomic E-state index is 0.164. The first-order valence-corrected chi connectivity index (χ1v) is 9.87. The van der Waals surface area contributed by atoms with E-state index in [0.29, 0.717) is 5.69 Å². The molecule has 0 amide bonds. The first-order chi connectivity index (χ1) is 15.1. The highest BCUT2D eigenvalue weighted by Gasteiger charge is 2.20. The van der Waals surface area contributed by atoms with E-state index in [2.05, 4.69) is 15.6 Å². The Bertz CT molecular complexity index is 895. The molecule has 1 heterocycles. The summed E-state index contributed by atoms with van der Waals surface area (Å²) >= 11 is 0. The SMILES string of the molecule is CCOC(=O)/C(=C\Nc1ccc(OC)cc1)N/C=C/C(C(=O)OCC)c1ccccn1. The molecule has 0 fully saturated rings. The maximum absolute atomic E-state index is 12.3. The van der Waals surface area contributed by atoms with E-state index in [1.54, 1.807) is 63.6 Å². The molecule has 0 saturated carbocycles. The molecule has 0 bridgehead atoms. The Kier molecular flexibility index (Phi) is 9.61. The monoisotopic (exact) mass is 425 g/mol. The normalized spacial score (nSPS) is 12.2. The molecule has 1 unspecified atom stereocenters. The maximum atomic E-state index is 12.3. The molecule has 2 rings (SSSR count). The van der Waals surface area contributed by atoms with Gasteiger partial charge in [0.15, 0.2) is 0 Å². The van der Waals surface area contributed by atoms with Crippen LogP contribution in [0.1, 0.15) is 25.5 Å². The van der Waals surface area contributed by atoms with Crippen molar-refractivity contribution in [1.29, 1.82) is 0 Å². The van der Waals surface area contributed by atoms with Crippen molar-refractivity contribution >= 4 is 17.6 Å². The van der Waals surface area contributed by atoms with E-state index in [4.69, 9.17) is 14.2 Å². The van der Waals surface area contributed by atoms with Crippen LogP contribution in [0.3, 0.4) is 0 Å². The zero-order valence-corrected chi connectivity index (χ0v) is 17.8. The Morgan fingerprint density at radius 2 is 1.81 bits per heavy atom. The van der Waals surface area contributed by atoms with E-state index in [1.165, 1.54) is 12.4 Å². The van der Waals surface area contributed by atoms with Gasteiger partial charge in [-0.05, 0) is 62.5 Å². The number of esters is 2. The molecule has 1 aromatic carbocycles. The molecule has 1 aromatic heterocycles. The number of rotatable bonds is 11. The summed E-state index contributed by atoms with van der Waals surface area (Å²) in [4.78, 5) is 28.9. The van der Waals surface area contributed by atoms with Crippen LogP contribution in [0.15, 0.2) is 72.8 Å². The number of nitrogens with zero attached hydrogens (tertiary/aromatic N) is 1. The van der Waals surface area contributed by atoms with E-state index in [1.807, 2.05) is 12.1 Å². The molecule has 0 aliphatic heterocycles. The maximum Gasteiger partial charge on any atom is 0.356 e. The minimum Gasteiger partial charge on any atom is -0.497 e. The van der Waals surface area contributed by atoms with Gasteiger partial charge in [0, 0.05) is 18.1 Å². The van der Waals surface area contributed by atoms with E-state index >= 15 is 0 Å². The van der Waals surface area contributed by atoms with Crippen molar-refractivity contribution in [2.24, 2.45) is 0 Å². The van der Waals surface area contributed by atoms with Gasteiger partial charge >= 0.3 is 11.9 Å². The fraction of sp³-hybridized carbons (Fsp3) is 0.261. The molecule has 0 radical (unpaired) electrons. The van der Waals surface area contributed by atoms with Crippen LogP contribution in [-0.2, 0) is 19.1 Å². The highest BCUT2D eigenvalue weighted by molar-refractivity contribution is 5.88. The van der Waals surface area contributed by atoms with E-state index in [0.717, 1.165) is 11.4 Å². The average molecular weight is 425 g/mol. The number of pyridine rings is 1. The molecular weight excluding hydrogens is 398 g/mol. The Morgan fingerprint density at radius 3 is 2.42 bits per heavy atom. The quantitative estimate of drug-likeness (QED) is 0.418. The van der Waals surface area contributed by atoms with Gasteiger partial charge in [-0.3, -0.25) is 9.78 Å². The molecule has 164 valence electrons. The van der Waals surface area contributed by atoms with Crippen LogP contribution in [0.2, 0.25) is 0 Å². The smallest absolute Gasteiger partial charge is 0.356 e. The van der Waals surface area contributed by atoms with Crippen molar-refractivity contribution in [3.8, 4) is 5.75 Å². The second kappa shape index (κ2) is 12.7. The summed E-state index contributed by atoms with van der Waals surface area (Å²) in [5.41, 5.74) is 1.46. The molecule has 0 aliphatic rings. The Balaban J connectivity index is 2.16. The third-order valence-electron chi connectivity index (χ3n) is 4.04. The predicted octanol–water partition coefficient (Wildman–Crippen LogP) is 3.36. The molecule has 0 spiro atoms. The number of hydrogen-bond donors (Lipinski definition) is 2. The number of methoxy groups -OCH3 is 1. The number of nitrogens with one attached hydrogen (secondary N) is 2. The van der Waals surface area contributed by atoms with Gasteiger partial charge in [-0.15, -0.1) is 0 Å².